The second-order valence-corrected chi connectivity index (χ2v) is 7.36. The van der Waals surface area contributed by atoms with Gasteiger partial charge in [0.25, 0.3) is 5.24 Å². The van der Waals surface area contributed by atoms with E-state index >= 15 is 0 Å². The summed E-state index contributed by atoms with van der Waals surface area (Å²) in [4.78, 5) is 39.4. The van der Waals surface area contributed by atoms with Gasteiger partial charge in [-0.25, -0.2) is 0 Å². The molecule has 5 nitrogen and oxygen atoms in total. The third-order valence-electron chi connectivity index (χ3n) is 5.22. The molecule has 0 aromatic rings. The van der Waals surface area contributed by atoms with Crippen LogP contribution in [0.15, 0.2) is 12.2 Å². The smallest absolute Gasteiger partial charge is 0.289 e. The van der Waals surface area contributed by atoms with Crippen LogP contribution in [0.25, 0.3) is 0 Å². The first-order valence-electron chi connectivity index (χ1n) is 7.59. The summed E-state index contributed by atoms with van der Waals surface area (Å²) in [5, 5.41) is -0.151. The van der Waals surface area contributed by atoms with Crippen LogP contribution in [0, 0.1) is 17.8 Å². The fraction of sp³-hybridized carbons (Fsp3) is 0.667. The average molecular weight is 306 g/mol. The van der Waals surface area contributed by atoms with Crippen LogP contribution in [0.4, 0.5) is 4.79 Å². The number of hydrogen-bond donors (Lipinski definition) is 0. The van der Waals surface area contributed by atoms with E-state index < -0.39 is 0 Å². The van der Waals surface area contributed by atoms with E-state index in [9.17, 15) is 14.4 Å². The van der Waals surface area contributed by atoms with E-state index in [4.69, 9.17) is 0 Å². The van der Waals surface area contributed by atoms with Crippen LogP contribution in [0.3, 0.4) is 0 Å². The zero-order valence-corrected chi connectivity index (χ0v) is 12.6. The molecule has 0 radical (unpaired) electrons. The van der Waals surface area contributed by atoms with Gasteiger partial charge in [-0.05, 0) is 31.1 Å². The number of fused-ring (bicyclic) bond motifs is 2. The van der Waals surface area contributed by atoms with Crippen molar-refractivity contribution in [1.29, 1.82) is 0 Å². The van der Waals surface area contributed by atoms with Gasteiger partial charge in [-0.3, -0.25) is 19.3 Å². The molecule has 0 aromatic carbocycles. The zero-order chi connectivity index (χ0) is 14.6. The summed E-state index contributed by atoms with van der Waals surface area (Å²) in [6.45, 7) is 1.19. The van der Waals surface area contributed by atoms with Crippen molar-refractivity contribution in [2.24, 2.45) is 17.8 Å². The number of rotatable bonds is 2. The molecule has 2 heterocycles. The molecule has 0 N–H and O–H groups in total. The summed E-state index contributed by atoms with van der Waals surface area (Å²) in [5.41, 5.74) is 0. The Morgan fingerprint density at radius 1 is 1.24 bits per heavy atom. The Balaban J connectivity index is 1.42. The third kappa shape index (κ3) is 2.11. The van der Waals surface area contributed by atoms with Gasteiger partial charge in [0.1, 0.15) is 0 Å². The maximum absolute atomic E-state index is 12.7. The highest BCUT2D eigenvalue weighted by Crippen LogP contribution is 2.44. The van der Waals surface area contributed by atoms with E-state index in [-0.39, 0.29) is 34.8 Å². The van der Waals surface area contributed by atoms with Gasteiger partial charge in [-0.15, -0.1) is 0 Å². The molecule has 112 valence electrons. The number of nitrogens with zero attached hydrogens (tertiary/aromatic N) is 2. The van der Waals surface area contributed by atoms with Crippen LogP contribution in [-0.2, 0) is 9.59 Å². The first-order chi connectivity index (χ1) is 10.1. The summed E-state index contributed by atoms with van der Waals surface area (Å²) in [7, 11) is 0. The van der Waals surface area contributed by atoms with Crippen LogP contribution in [0.5, 0.6) is 0 Å². The Hall–Kier alpha value is -1.30. The van der Waals surface area contributed by atoms with Gasteiger partial charge in [0.05, 0.1) is 11.8 Å². The Morgan fingerprint density at radius 2 is 2.10 bits per heavy atom. The number of imide groups is 1. The monoisotopic (exact) mass is 306 g/mol. The molecule has 21 heavy (non-hydrogen) atoms. The average Bonchev–Trinajstić information content (AvgIpc) is 3.22. The Kier molecular flexibility index (Phi) is 3.10. The second-order valence-electron chi connectivity index (χ2n) is 6.43. The van der Waals surface area contributed by atoms with Gasteiger partial charge in [0.15, 0.2) is 0 Å². The molecule has 1 saturated carbocycles. The third-order valence-corrected chi connectivity index (χ3v) is 6.06. The van der Waals surface area contributed by atoms with E-state index in [1.807, 2.05) is 4.90 Å². The standard InChI is InChI=1S/C15H18N2O3S/c18-13-8-21-15(20)17(13)11-3-4-16(7-11)14(19)12-6-9-1-2-10(12)5-9/h1-2,9-12H,3-8H2. The van der Waals surface area contributed by atoms with Crippen LogP contribution in [-0.4, -0.2) is 51.7 Å². The predicted octanol–water partition coefficient (Wildman–Crippen LogP) is 1.49. The van der Waals surface area contributed by atoms with Gasteiger partial charge >= 0.3 is 0 Å². The Labute approximate surface area is 127 Å². The van der Waals surface area contributed by atoms with Crippen molar-refractivity contribution < 1.29 is 14.4 Å². The largest absolute Gasteiger partial charge is 0.340 e. The molecule has 2 bridgehead atoms. The summed E-state index contributed by atoms with van der Waals surface area (Å²) in [5.74, 6) is 1.49. The molecule has 3 amide bonds. The number of amides is 3. The van der Waals surface area contributed by atoms with Crippen molar-refractivity contribution in [2.45, 2.75) is 25.3 Å². The zero-order valence-electron chi connectivity index (χ0n) is 11.7. The topological polar surface area (TPSA) is 57.7 Å². The molecule has 6 heteroatoms. The van der Waals surface area contributed by atoms with E-state index in [2.05, 4.69) is 12.2 Å². The van der Waals surface area contributed by atoms with Crippen molar-refractivity contribution in [3.63, 3.8) is 0 Å². The first-order valence-corrected chi connectivity index (χ1v) is 8.58. The van der Waals surface area contributed by atoms with Crippen LogP contribution in [0.2, 0.25) is 0 Å². The fourth-order valence-electron chi connectivity index (χ4n) is 4.17. The highest BCUT2D eigenvalue weighted by Gasteiger charge is 2.45. The molecule has 4 aliphatic rings. The number of carbonyl (C=O) groups excluding carboxylic acids is 3. The lowest BCUT2D eigenvalue weighted by atomic mass is 9.92. The highest BCUT2D eigenvalue weighted by atomic mass is 32.2. The normalized spacial score (nSPS) is 38.1. The fourth-order valence-corrected chi connectivity index (χ4v) is 4.95. The second kappa shape index (κ2) is 4.87. The molecule has 4 unspecified atom stereocenters. The molecule has 2 saturated heterocycles. The lowest BCUT2D eigenvalue weighted by Gasteiger charge is -2.26. The highest BCUT2D eigenvalue weighted by molar-refractivity contribution is 8.14. The van der Waals surface area contributed by atoms with Gasteiger partial charge in [0, 0.05) is 19.0 Å². The van der Waals surface area contributed by atoms with Crippen molar-refractivity contribution in [1.82, 2.24) is 9.80 Å². The minimum Gasteiger partial charge on any atom is -0.340 e. The van der Waals surface area contributed by atoms with Crippen molar-refractivity contribution in [2.75, 3.05) is 18.8 Å². The molecular formula is C15H18N2O3S. The van der Waals surface area contributed by atoms with E-state index in [1.54, 1.807) is 0 Å². The maximum Gasteiger partial charge on any atom is 0.289 e. The Morgan fingerprint density at radius 3 is 2.71 bits per heavy atom. The quantitative estimate of drug-likeness (QED) is 0.725. The molecule has 2 aliphatic carbocycles. The van der Waals surface area contributed by atoms with Crippen molar-refractivity contribution in [3.8, 4) is 0 Å². The van der Waals surface area contributed by atoms with Gasteiger partial charge in [0.2, 0.25) is 11.8 Å². The minimum absolute atomic E-state index is 0.104. The first kappa shape index (κ1) is 13.4. The summed E-state index contributed by atoms with van der Waals surface area (Å²) in [6, 6.07) is -0.113. The number of carbonyl (C=O) groups is 3. The number of thioether (sulfide) groups is 1. The molecule has 2 aliphatic heterocycles. The van der Waals surface area contributed by atoms with Gasteiger partial charge < -0.3 is 4.90 Å². The van der Waals surface area contributed by atoms with Crippen LogP contribution in [0.1, 0.15) is 19.3 Å². The number of likely N-dealkylation sites (tertiary alicyclic amines) is 1. The van der Waals surface area contributed by atoms with E-state index in [0.717, 1.165) is 31.0 Å². The lowest BCUT2D eigenvalue weighted by molar-refractivity contribution is -0.136. The number of hydrogen-bond acceptors (Lipinski definition) is 4. The minimum atomic E-state index is -0.151. The number of allylic oxidation sites excluding steroid dienone is 2. The lowest BCUT2D eigenvalue weighted by Crippen LogP contribution is -2.43. The summed E-state index contributed by atoms with van der Waals surface area (Å²) in [6.07, 6.45) is 7.24. The summed E-state index contributed by atoms with van der Waals surface area (Å²) < 4.78 is 0. The molecule has 0 spiro atoms. The van der Waals surface area contributed by atoms with Gasteiger partial charge in [-0.2, -0.15) is 0 Å². The van der Waals surface area contributed by atoms with Crippen molar-refractivity contribution >= 4 is 28.8 Å². The molecule has 4 atom stereocenters. The SMILES string of the molecule is O=C(C1CC2C=CC1C2)N1CCC(N2C(=O)CSC2=O)C1. The van der Waals surface area contributed by atoms with E-state index in [1.165, 1.54) is 4.90 Å². The predicted molar refractivity (Wildman–Crippen MR) is 78.5 cm³/mol. The molecular weight excluding hydrogens is 288 g/mol. The Bertz CT molecular complexity index is 531. The molecule has 4 rings (SSSR count). The molecule has 3 fully saturated rings. The van der Waals surface area contributed by atoms with E-state index in [0.29, 0.717) is 24.9 Å². The van der Waals surface area contributed by atoms with Crippen LogP contribution < -0.4 is 0 Å². The summed E-state index contributed by atoms with van der Waals surface area (Å²) >= 11 is 1.07. The van der Waals surface area contributed by atoms with Gasteiger partial charge in [-0.1, -0.05) is 23.9 Å². The maximum atomic E-state index is 12.7. The van der Waals surface area contributed by atoms with Crippen LogP contribution >= 0.6 is 11.8 Å². The molecule has 0 aromatic heterocycles. The van der Waals surface area contributed by atoms with Crippen molar-refractivity contribution in [3.05, 3.63) is 12.2 Å².